The lowest BCUT2D eigenvalue weighted by molar-refractivity contribution is 0.661. The SMILES string of the molecule is CC1(C)c2cc3cc(-c4cccc(-c5ccc6cc(-c7cc8ccc9ccccc9c8c8ccccc78)ccc6c5)c4)ccc3cc2-c2c1ccc1ccccc21. The van der Waals surface area contributed by atoms with E-state index in [0.29, 0.717) is 0 Å². The van der Waals surface area contributed by atoms with Crippen LogP contribution in [0, 0.1) is 0 Å². The second kappa shape index (κ2) is 12.0. The van der Waals surface area contributed by atoms with Crippen molar-refractivity contribution in [3.05, 3.63) is 205 Å². The second-order valence-electron chi connectivity index (χ2n) is 16.5. The first-order valence-corrected chi connectivity index (χ1v) is 20.1. The molecule has 0 aromatic heterocycles. The Hall–Kier alpha value is -7.02. The van der Waals surface area contributed by atoms with Crippen molar-refractivity contribution in [2.45, 2.75) is 19.3 Å². The van der Waals surface area contributed by atoms with E-state index >= 15 is 0 Å². The Labute approximate surface area is 332 Å². The van der Waals surface area contributed by atoms with Gasteiger partial charge in [0.25, 0.3) is 0 Å². The Morgan fingerprint density at radius 2 is 0.789 bits per heavy atom. The average molecular weight is 723 g/mol. The fraction of sp³-hybridized carbons (Fsp3) is 0.0526. The highest BCUT2D eigenvalue weighted by Gasteiger charge is 2.36. The standard InChI is InChI=1S/C57H38/c1-57(2)53-27-26-36-11-4-6-15-48(36)56(53)52-32-43-22-21-42(31-46(43)34-54(52)57)38-13-9-12-37(28-38)39-19-20-41-30-44(24-23-40(41)29-39)51-33-45-25-18-35-10-3-5-14-47(35)55(45)50-17-8-7-16-49(50)51/h3-34H,1-2H3. The molecule has 0 saturated carbocycles. The zero-order valence-corrected chi connectivity index (χ0v) is 32.0. The summed E-state index contributed by atoms with van der Waals surface area (Å²) in [6.07, 6.45) is 0. The molecule has 11 aromatic rings. The van der Waals surface area contributed by atoms with E-state index < -0.39 is 0 Å². The summed E-state index contributed by atoms with van der Waals surface area (Å²) in [5.41, 5.74) is 13.0. The topological polar surface area (TPSA) is 0 Å². The quantitative estimate of drug-likeness (QED) is 0.159. The van der Waals surface area contributed by atoms with Gasteiger partial charge in [-0.3, -0.25) is 0 Å². The highest BCUT2D eigenvalue weighted by molar-refractivity contribution is 6.23. The van der Waals surface area contributed by atoms with Crippen LogP contribution < -0.4 is 0 Å². The fourth-order valence-electron chi connectivity index (χ4n) is 10.0. The molecule has 0 atom stereocenters. The molecule has 0 radical (unpaired) electrons. The van der Waals surface area contributed by atoms with Gasteiger partial charge in [-0.25, -0.2) is 0 Å². The normalized spacial score (nSPS) is 13.2. The molecule has 11 aromatic carbocycles. The number of benzene rings is 11. The zero-order chi connectivity index (χ0) is 37.8. The van der Waals surface area contributed by atoms with Gasteiger partial charge in [0.1, 0.15) is 0 Å². The van der Waals surface area contributed by atoms with Gasteiger partial charge in [0.2, 0.25) is 0 Å². The number of hydrogen-bond acceptors (Lipinski definition) is 0. The van der Waals surface area contributed by atoms with Gasteiger partial charge in [-0.1, -0.05) is 166 Å². The van der Waals surface area contributed by atoms with Crippen LogP contribution in [0.1, 0.15) is 25.0 Å². The van der Waals surface area contributed by atoms with Crippen LogP contribution in [0.5, 0.6) is 0 Å². The molecule has 0 aliphatic heterocycles. The van der Waals surface area contributed by atoms with Crippen molar-refractivity contribution in [3.8, 4) is 44.5 Å². The maximum atomic E-state index is 2.45. The molecule has 0 bridgehead atoms. The van der Waals surface area contributed by atoms with E-state index in [9.17, 15) is 0 Å². The van der Waals surface area contributed by atoms with Gasteiger partial charge < -0.3 is 0 Å². The molecule has 1 aliphatic rings. The maximum Gasteiger partial charge on any atom is 0.0159 e. The molecule has 0 heteroatoms. The summed E-state index contributed by atoms with van der Waals surface area (Å²) in [5.74, 6) is 0. The van der Waals surface area contributed by atoms with Crippen LogP contribution in [0.25, 0.3) is 109 Å². The van der Waals surface area contributed by atoms with Crippen LogP contribution in [0.3, 0.4) is 0 Å². The molecule has 0 saturated heterocycles. The van der Waals surface area contributed by atoms with Crippen molar-refractivity contribution in [1.29, 1.82) is 0 Å². The van der Waals surface area contributed by atoms with Gasteiger partial charge >= 0.3 is 0 Å². The summed E-state index contributed by atoms with van der Waals surface area (Å²) < 4.78 is 0. The average Bonchev–Trinajstić information content (AvgIpc) is 3.49. The van der Waals surface area contributed by atoms with Crippen LogP contribution in [-0.2, 0) is 5.41 Å². The Morgan fingerprint density at radius 1 is 0.281 bits per heavy atom. The molecule has 1 aliphatic carbocycles. The largest absolute Gasteiger partial charge is 0.0616 e. The zero-order valence-electron chi connectivity index (χ0n) is 32.0. The third kappa shape index (κ3) is 4.87. The number of rotatable bonds is 3. The minimum absolute atomic E-state index is 0.0613. The third-order valence-corrected chi connectivity index (χ3v) is 12.9. The molecule has 0 nitrogen and oxygen atoms in total. The highest BCUT2D eigenvalue weighted by Crippen LogP contribution is 2.52. The lowest BCUT2D eigenvalue weighted by Gasteiger charge is -2.22. The van der Waals surface area contributed by atoms with Crippen LogP contribution in [0.4, 0.5) is 0 Å². The van der Waals surface area contributed by atoms with Crippen molar-refractivity contribution in [2.75, 3.05) is 0 Å². The lowest BCUT2D eigenvalue weighted by atomic mass is 9.81. The maximum absolute atomic E-state index is 2.45. The molecule has 12 rings (SSSR count). The van der Waals surface area contributed by atoms with Crippen molar-refractivity contribution < 1.29 is 0 Å². The van der Waals surface area contributed by atoms with E-state index in [2.05, 4.69) is 208 Å². The van der Waals surface area contributed by atoms with E-state index in [1.54, 1.807) is 0 Å². The molecule has 57 heavy (non-hydrogen) atoms. The molecule has 0 unspecified atom stereocenters. The van der Waals surface area contributed by atoms with Crippen molar-refractivity contribution in [3.63, 3.8) is 0 Å². The molecule has 0 spiro atoms. The van der Waals surface area contributed by atoms with Crippen molar-refractivity contribution in [2.24, 2.45) is 0 Å². The molecular weight excluding hydrogens is 685 g/mol. The smallest absolute Gasteiger partial charge is 0.0159 e. The minimum Gasteiger partial charge on any atom is -0.0616 e. The molecule has 0 heterocycles. The van der Waals surface area contributed by atoms with Crippen LogP contribution in [-0.4, -0.2) is 0 Å². The molecule has 0 N–H and O–H groups in total. The Bertz CT molecular complexity index is 3490. The van der Waals surface area contributed by atoms with E-state index in [1.165, 1.54) is 120 Å². The van der Waals surface area contributed by atoms with E-state index in [0.717, 1.165) is 0 Å². The van der Waals surface area contributed by atoms with Crippen LogP contribution in [0.15, 0.2) is 194 Å². The van der Waals surface area contributed by atoms with Crippen LogP contribution >= 0.6 is 0 Å². The highest BCUT2D eigenvalue weighted by atomic mass is 14.4. The number of hydrogen-bond donors (Lipinski definition) is 0. The Morgan fingerprint density at radius 3 is 1.54 bits per heavy atom. The van der Waals surface area contributed by atoms with Crippen LogP contribution in [0.2, 0.25) is 0 Å². The summed E-state index contributed by atoms with van der Waals surface area (Å²) in [6.45, 7) is 4.76. The summed E-state index contributed by atoms with van der Waals surface area (Å²) in [5, 5.41) is 15.5. The van der Waals surface area contributed by atoms with Gasteiger partial charge in [-0.15, -0.1) is 0 Å². The summed E-state index contributed by atoms with van der Waals surface area (Å²) in [4.78, 5) is 0. The van der Waals surface area contributed by atoms with Gasteiger partial charge in [-0.2, -0.15) is 0 Å². The fourth-order valence-corrected chi connectivity index (χ4v) is 10.0. The first-order valence-electron chi connectivity index (χ1n) is 20.1. The lowest BCUT2D eigenvalue weighted by Crippen LogP contribution is -2.14. The molecular formula is C57H38. The minimum atomic E-state index is -0.0613. The Kier molecular flexibility index (Phi) is 6.78. The van der Waals surface area contributed by atoms with Gasteiger partial charge in [0.15, 0.2) is 0 Å². The molecule has 266 valence electrons. The monoisotopic (exact) mass is 722 g/mol. The van der Waals surface area contributed by atoms with E-state index in [1.807, 2.05) is 0 Å². The third-order valence-electron chi connectivity index (χ3n) is 12.9. The predicted octanol–water partition coefficient (Wildman–Crippen LogP) is 15.9. The summed E-state index contributed by atoms with van der Waals surface area (Å²) >= 11 is 0. The first-order chi connectivity index (χ1) is 28.0. The van der Waals surface area contributed by atoms with E-state index in [4.69, 9.17) is 0 Å². The molecule has 0 fully saturated rings. The Balaban J connectivity index is 0.904. The second-order valence-corrected chi connectivity index (χ2v) is 16.5. The van der Waals surface area contributed by atoms with Crippen molar-refractivity contribution >= 4 is 64.6 Å². The van der Waals surface area contributed by atoms with Crippen molar-refractivity contribution in [1.82, 2.24) is 0 Å². The summed E-state index contributed by atoms with van der Waals surface area (Å²) in [6, 6.07) is 72.7. The van der Waals surface area contributed by atoms with Gasteiger partial charge in [0.05, 0.1) is 0 Å². The predicted molar refractivity (Wildman–Crippen MR) is 245 cm³/mol. The number of fused-ring (bicyclic) bond motifs is 12. The van der Waals surface area contributed by atoms with Gasteiger partial charge in [-0.05, 0) is 163 Å². The van der Waals surface area contributed by atoms with Gasteiger partial charge in [0, 0.05) is 5.41 Å². The first kappa shape index (κ1) is 32.2. The van der Waals surface area contributed by atoms with E-state index in [-0.39, 0.29) is 5.41 Å². The summed E-state index contributed by atoms with van der Waals surface area (Å²) in [7, 11) is 0. The molecule has 0 amide bonds.